The topological polar surface area (TPSA) is 55.8 Å². The number of ether oxygens (including phenoxy) is 2. The number of hydrogen-bond donors (Lipinski definition) is 1. The van der Waals surface area contributed by atoms with E-state index in [9.17, 15) is 9.18 Å². The maximum absolute atomic E-state index is 14.0. The molecule has 0 aliphatic carbocycles. The summed E-state index contributed by atoms with van der Waals surface area (Å²) >= 11 is 0. The predicted molar refractivity (Wildman–Crippen MR) is 135 cm³/mol. The van der Waals surface area contributed by atoms with Crippen molar-refractivity contribution in [2.75, 3.05) is 0 Å². The highest BCUT2D eigenvalue weighted by molar-refractivity contribution is 5.67. The molecule has 0 bridgehead atoms. The third kappa shape index (κ3) is 9.07. The number of benzene rings is 2. The van der Waals surface area contributed by atoms with Crippen LogP contribution in [-0.2, 0) is 24.2 Å². The number of halogens is 1. The van der Waals surface area contributed by atoms with Crippen LogP contribution < -0.4 is 9.47 Å². The van der Waals surface area contributed by atoms with E-state index < -0.39 is 5.97 Å². The van der Waals surface area contributed by atoms with E-state index in [0.29, 0.717) is 29.9 Å². The van der Waals surface area contributed by atoms with Crippen LogP contribution in [-0.4, -0.2) is 16.7 Å². The quantitative estimate of drug-likeness (QED) is 0.475. The molecule has 0 fully saturated rings. The summed E-state index contributed by atoms with van der Waals surface area (Å²) in [6, 6.07) is 6.78. The minimum atomic E-state index is -0.808. The molecule has 5 heteroatoms. The SMILES string of the molecule is CC.CC.CC.Cc1cc(OCc2cc(F)cc3c2OC(C)(C)C3)cc(C)c1CCC(=O)O. The van der Waals surface area contributed by atoms with Gasteiger partial charge in [0, 0.05) is 24.0 Å². The fourth-order valence-corrected chi connectivity index (χ4v) is 3.68. The van der Waals surface area contributed by atoms with Crippen LogP contribution in [0.15, 0.2) is 24.3 Å². The first-order valence-corrected chi connectivity index (χ1v) is 12.1. The summed E-state index contributed by atoms with van der Waals surface area (Å²) in [5, 5.41) is 8.89. The van der Waals surface area contributed by atoms with Crippen LogP contribution in [0.4, 0.5) is 4.39 Å². The molecule has 186 valence electrons. The number of carboxylic acid groups (broad SMARTS) is 1. The summed E-state index contributed by atoms with van der Waals surface area (Å²) in [7, 11) is 0. The Morgan fingerprint density at radius 3 is 2.09 bits per heavy atom. The van der Waals surface area contributed by atoms with Crippen molar-refractivity contribution in [3.05, 3.63) is 57.9 Å². The van der Waals surface area contributed by atoms with Gasteiger partial charge in [0.15, 0.2) is 0 Å². The molecule has 2 aromatic carbocycles. The summed E-state index contributed by atoms with van der Waals surface area (Å²) in [4.78, 5) is 10.8. The van der Waals surface area contributed by atoms with Gasteiger partial charge in [0.05, 0.1) is 0 Å². The molecular weight excluding hydrogens is 419 g/mol. The molecule has 0 aromatic heterocycles. The second kappa shape index (κ2) is 14.6. The molecule has 0 spiro atoms. The molecule has 1 N–H and O–H groups in total. The molecule has 0 unspecified atom stereocenters. The average molecular weight is 463 g/mol. The van der Waals surface area contributed by atoms with Crippen LogP contribution in [0.1, 0.15) is 89.6 Å². The minimum absolute atomic E-state index is 0.102. The van der Waals surface area contributed by atoms with Crippen LogP contribution in [0.25, 0.3) is 0 Å². The fourth-order valence-electron chi connectivity index (χ4n) is 3.68. The predicted octanol–water partition coefficient (Wildman–Crippen LogP) is 7.83. The van der Waals surface area contributed by atoms with Gasteiger partial charge in [-0.05, 0) is 75.1 Å². The minimum Gasteiger partial charge on any atom is -0.489 e. The summed E-state index contributed by atoms with van der Waals surface area (Å²) < 4.78 is 25.9. The van der Waals surface area contributed by atoms with Gasteiger partial charge in [0.25, 0.3) is 0 Å². The fraction of sp³-hybridized carbons (Fsp3) is 0.536. The summed E-state index contributed by atoms with van der Waals surface area (Å²) in [5.74, 6) is 0.300. The number of carboxylic acids is 1. The monoisotopic (exact) mass is 462 g/mol. The van der Waals surface area contributed by atoms with Crippen LogP contribution in [0.3, 0.4) is 0 Å². The van der Waals surface area contributed by atoms with Crippen molar-refractivity contribution in [2.24, 2.45) is 0 Å². The summed E-state index contributed by atoms with van der Waals surface area (Å²) in [6.45, 7) is 20.1. The second-order valence-electron chi connectivity index (χ2n) is 7.81. The average Bonchev–Trinajstić information content (AvgIpc) is 3.09. The van der Waals surface area contributed by atoms with Gasteiger partial charge in [-0.25, -0.2) is 4.39 Å². The Balaban J connectivity index is 0.00000158. The molecule has 2 aromatic rings. The first-order valence-electron chi connectivity index (χ1n) is 12.1. The summed E-state index contributed by atoms with van der Waals surface area (Å²) in [6.07, 6.45) is 1.27. The smallest absolute Gasteiger partial charge is 0.303 e. The molecule has 0 saturated heterocycles. The van der Waals surface area contributed by atoms with E-state index in [1.54, 1.807) is 0 Å². The van der Waals surface area contributed by atoms with Crippen LogP contribution in [0, 0.1) is 19.7 Å². The van der Waals surface area contributed by atoms with Gasteiger partial charge in [0.2, 0.25) is 0 Å². The van der Waals surface area contributed by atoms with Crippen molar-refractivity contribution < 1.29 is 23.8 Å². The van der Waals surface area contributed by atoms with Gasteiger partial charge in [-0.1, -0.05) is 41.5 Å². The van der Waals surface area contributed by atoms with Crippen LogP contribution in [0.5, 0.6) is 11.5 Å². The van der Waals surface area contributed by atoms with Crippen molar-refractivity contribution in [3.8, 4) is 11.5 Å². The maximum atomic E-state index is 14.0. The van der Waals surface area contributed by atoms with Gasteiger partial charge < -0.3 is 14.6 Å². The number of carbonyl (C=O) groups is 1. The van der Waals surface area contributed by atoms with Gasteiger partial charge >= 0.3 is 5.97 Å². The van der Waals surface area contributed by atoms with Gasteiger partial charge in [0.1, 0.15) is 29.5 Å². The molecule has 3 rings (SSSR count). The van der Waals surface area contributed by atoms with E-state index in [0.717, 1.165) is 22.3 Å². The van der Waals surface area contributed by atoms with Crippen molar-refractivity contribution in [1.82, 2.24) is 0 Å². The lowest BCUT2D eigenvalue weighted by Crippen LogP contribution is -2.25. The third-order valence-electron chi connectivity index (χ3n) is 4.85. The zero-order valence-corrected chi connectivity index (χ0v) is 22.2. The lowest BCUT2D eigenvalue weighted by atomic mass is 9.98. The van der Waals surface area contributed by atoms with E-state index in [1.807, 2.05) is 81.4 Å². The molecule has 0 saturated carbocycles. The van der Waals surface area contributed by atoms with Crippen molar-refractivity contribution >= 4 is 5.97 Å². The molecule has 33 heavy (non-hydrogen) atoms. The lowest BCUT2D eigenvalue weighted by Gasteiger charge is -2.18. The standard InChI is InChI=1S/C22H25FO4.3C2H6/c1-13-7-18(8-14(2)19(13)5-6-20(24)25)26-12-16-10-17(23)9-15-11-22(3,4)27-21(15)16;3*1-2/h7-10H,5-6,11-12H2,1-4H3,(H,24,25);3*1-2H3. The molecular formula is C28H43FO4. The van der Waals surface area contributed by atoms with E-state index in [2.05, 4.69) is 0 Å². The van der Waals surface area contributed by atoms with E-state index >= 15 is 0 Å². The Morgan fingerprint density at radius 1 is 1.03 bits per heavy atom. The van der Waals surface area contributed by atoms with Crippen molar-refractivity contribution in [3.63, 3.8) is 0 Å². The highest BCUT2D eigenvalue weighted by atomic mass is 19.1. The molecule has 1 heterocycles. The Labute approximate surface area is 200 Å². The summed E-state index contributed by atoms with van der Waals surface area (Å²) in [5.41, 5.74) is 4.24. The Bertz CT molecular complexity index is 865. The second-order valence-corrected chi connectivity index (χ2v) is 7.81. The van der Waals surface area contributed by atoms with E-state index in [4.69, 9.17) is 14.6 Å². The first kappa shape index (κ1) is 30.4. The van der Waals surface area contributed by atoms with Gasteiger partial charge in [-0.3, -0.25) is 4.79 Å². The van der Waals surface area contributed by atoms with E-state index in [-0.39, 0.29) is 24.4 Å². The van der Waals surface area contributed by atoms with Crippen molar-refractivity contribution in [1.29, 1.82) is 0 Å². The Kier molecular flexibility index (Phi) is 13.4. The normalized spacial score (nSPS) is 12.5. The van der Waals surface area contributed by atoms with Crippen LogP contribution in [0.2, 0.25) is 0 Å². The van der Waals surface area contributed by atoms with Gasteiger partial charge in [-0.15, -0.1) is 0 Å². The van der Waals surface area contributed by atoms with Crippen LogP contribution >= 0.6 is 0 Å². The zero-order valence-electron chi connectivity index (χ0n) is 22.2. The maximum Gasteiger partial charge on any atom is 0.303 e. The molecule has 0 radical (unpaired) electrons. The number of rotatable bonds is 6. The molecule has 1 aliphatic rings. The largest absolute Gasteiger partial charge is 0.489 e. The highest BCUT2D eigenvalue weighted by Crippen LogP contribution is 2.39. The number of aryl methyl sites for hydroxylation is 2. The Morgan fingerprint density at radius 2 is 1.58 bits per heavy atom. The number of aliphatic carboxylic acids is 1. The number of hydrogen-bond acceptors (Lipinski definition) is 3. The molecule has 1 aliphatic heterocycles. The lowest BCUT2D eigenvalue weighted by molar-refractivity contribution is -0.136. The number of fused-ring (bicyclic) bond motifs is 1. The van der Waals surface area contributed by atoms with Crippen molar-refractivity contribution in [2.45, 2.75) is 101 Å². The highest BCUT2D eigenvalue weighted by Gasteiger charge is 2.32. The zero-order chi connectivity index (χ0) is 25.8. The molecule has 0 atom stereocenters. The third-order valence-corrected chi connectivity index (χ3v) is 4.85. The molecule has 0 amide bonds. The van der Waals surface area contributed by atoms with Gasteiger partial charge in [-0.2, -0.15) is 0 Å². The van der Waals surface area contributed by atoms with E-state index in [1.165, 1.54) is 12.1 Å². The first-order chi connectivity index (χ1) is 15.6. The molecule has 4 nitrogen and oxygen atoms in total. The Hall–Kier alpha value is -2.56.